The molecule has 0 aromatic heterocycles. The number of hydrogen-bond donors (Lipinski definition) is 3. The number of rotatable bonds is 4. The summed E-state index contributed by atoms with van der Waals surface area (Å²) in [7, 11) is 1.76. The smallest absolute Gasteiger partial charge is 0.245 e. The van der Waals surface area contributed by atoms with Gasteiger partial charge >= 0.3 is 0 Å². The topological polar surface area (TPSA) is 98.7 Å². The van der Waals surface area contributed by atoms with E-state index in [4.69, 9.17) is 5.21 Å². The maximum Gasteiger partial charge on any atom is 0.245 e. The van der Waals surface area contributed by atoms with Crippen LogP contribution in [0.3, 0.4) is 0 Å². The highest BCUT2D eigenvalue weighted by Gasteiger charge is 2.31. The van der Waals surface area contributed by atoms with Crippen LogP contribution in [0.5, 0.6) is 0 Å². The normalized spacial score (nSPS) is 25.8. The van der Waals surface area contributed by atoms with E-state index in [0.717, 1.165) is 32.1 Å². The van der Waals surface area contributed by atoms with Gasteiger partial charge in [-0.1, -0.05) is 32.4 Å². The number of allylic oxidation sites excluding steroid dienone is 2. The molecule has 0 aromatic rings. The summed E-state index contributed by atoms with van der Waals surface area (Å²) in [5.74, 6) is -1.57. The van der Waals surface area contributed by atoms with Gasteiger partial charge in [0.2, 0.25) is 17.7 Å². The lowest BCUT2D eigenvalue weighted by Crippen LogP contribution is -2.52. The highest BCUT2D eigenvalue weighted by atomic mass is 16.5. The average molecular weight is 367 g/mol. The second-order valence-electron chi connectivity index (χ2n) is 7.11. The molecule has 1 aliphatic rings. The Morgan fingerprint density at radius 3 is 2.62 bits per heavy atom. The van der Waals surface area contributed by atoms with Crippen LogP contribution in [-0.2, 0) is 14.4 Å². The van der Waals surface area contributed by atoms with Crippen molar-refractivity contribution >= 4 is 17.7 Å². The first-order chi connectivity index (χ1) is 12.4. The van der Waals surface area contributed by atoms with E-state index in [0.29, 0.717) is 13.0 Å². The summed E-state index contributed by atoms with van der Waals surface area (Å²) < 4.78 is 0. The molecular weight excluding hydrogens is 334 g/mol. The maximum atomic E-state index is 12.8. The quantitative estimate of drug-likeness (QED) is 0.402. The van der Waals surface area contributed by atoms with Gasteiger partial charge in [-0.25, -0.2) is 5.48 Å². The molecule has 3 atom stereocenters. The summed E-state index contributed by atoms with van der Waals surface area (Å²) in [4.78, 5) is 38.8. The van der Waals surface area contributed by atoms with Gasteiger partial charge in [-0.3, -0.25) is 19.6 Å². The van der Waals surface area contributed by atoms with Crippen LogP contribution in [-0.4, -0.2) is 47.5 Å². The number of amides is 3. The number of likely N-dealkylation sites (N-methyl/N-ethyl adjacent to an activating group) is 1. The minimum atomic E-state index is -0.601. The molecule has 148 valence electrons. The fourth-order valence-electron chi connectivity index (χ4n) is 3.06. The Balaban J connectivity index is 3.00. The van der Waals surface area contributed by atoms with E-state index in [2.05, 4.69) is 17.5 Å². The van der Waals surface area contributed by atoms with Crippen molar-refractivity contribution in [3.8, 4) is 0 Å². The zero-order valence-corrected chi connectivity index (χ0v) is 16.2. The number of carbonyl (C=O) groups is 3. The minimum Gasteiger partial charge on any atom is -0.344 e. The summed E-state index contributed by atoms with van der Waals surface area (Å²) >= 11 is 0. The summed E-state index contributed by atoms with van der Waals surface area (Å²) in [6.45, 7) is 4.57. The first-order valence-electron chi connectivity index (χ1n) is 9.53. The van der Waals surface area contributed by atoms with Crippen LogP contribution in [0.4, 0.5) is 0 Å². The zero-order chi connectivity index (χ0) is 19.5. The fourth-order valence-corrected chi connectivity index (χ4v) is 3.06. The van der Waals surface area contributed by atoms with Gasteiger partial charge in [0, 0.05) is 25.9 Å². The molecular formula is C19H33N3O4. The van der Waals surface area contributed by atoms with Crippen molar-refractivity contribution in [2.75, 3.05) is 13.6 Å². The van der Waals surface area contributed by atoms with Gasteiger partial charge in [0.15, 0.2) is 0 Å². The van der Waals surface area contributed by atoms with E-state index >= 15 is 0 Å². The van der Waals surface area contributed by atoms with Crippen molar-refractivity contribution in [3.63, 3.8) is 0 Å². The van der Waals surface area contributed by atoms with Crippen LogP contribution >= 0.6 is 0 Å². The number of nitrogens with zero attached hydrogens (tertiary/aromatic N) is 1. The Morgan fingerprint density at radius 2 is 2.00 bits per heavy atom. The Bertz CT molecular complexity index is 507. The molecule has 0 aromatic carbocycles. The van der Waals surface area contributed by atoms with Crippen molar-refractivity contribution in [2.45, 2.75) is 64.8 Å². The van der Waals surface area contributed by atoms with Gasteiger partial charge in [0.25, 0.3) is 0 Å². The number of hydroxylamine groups is 1. The molecule has 7 nitrogen and oxygen atoms in total. The summed E-state index contributed by atoms with van der Waals surface area (Å²) in [5.41, 5.74) is 1.59. The third-order valence-electron chi connectivity index (χ3n) is 5.03. The molecule has 0 saturated carbocycles. The predicted octanol–water partition coefficient (Wildman–Crippen LogP) is 2.01. The van der Waals surface area contributed by atoms with Crippen molar-refractivity contribution in [3.05, 3.63) is 12.2 Å². The van der Waals surface area contributed by atoms with E-state index in [1.807, 2.05) is 13.8 Å². The Kier molecular flexibility index (Phi) is 9.95. The highest BCUT2D eigenvalue weighted by molar-refractivity contribution is 5.90. The molecule has 0 bridgehead atoms. The molecule has 0 saturated heterocycles. The van der Waals surface area contributed by atoms with Gasteiger partial charge in [-0.15, -0.1) is 0 Å². The molecule has 0 spiro atoms. The molecule has 0 fully saturated rings. The van der Waals surface area contributed by atoms with Crippen molar-refractivity contribution in [1.82, 2.24) is 15.7 Å². The van der Waals surface area contributed by atoms with E-state index < -0.39 is 17.9 Å². The van der Waals surface area contributed by atoms with Crippen LogP contribution in [0, 0.1) is 11.8 Å². The molecule has 0 radical (unpaired) electrons. The Morgan fingerprint density at radius 1 is 1.35 bits per heavy atom. The lowest BCUT2D eigenvalue weighted by molar-refractivity contribution is -0.139. The molecule has 3 amide bonds. The second-order valence-corrected chi connectivity index (χ2v) is 7.11. The third kappa shape index (κ3) is 7.15. The fraction of sp³-hybridized carbons (Fsp3) is 0.737. The summed E-state index contributed by atoms with van der Waals surface area (Å²) in [6.07, 6.45) is 8.79. The minimum absolute atomic E-state index is 0.00554. The first-order valence-corrected chi connectivity index (χ1v) is 9.53. The van der Waals surface area contributed by atoms with Crippen LogP contribution in [0.15, 0.2) is 12.2 Å². The summed E-state index contributed by atoms with van der Waals surface area (Å²) in [6, 6.07) is -0.601. The van der Waals surface area contributed by atoms with Gasteiger partial charge < -0.3 is 10.2 Å². The lowest BCUT2D eigenvalue weighted by Gasteiger charge is -2.29. The highest BCUT2D eigenvalue weighted by Crippen LogP contribution is 2.17. The number of nitrogens with one attached hydrogen (secondary N) is 2. The zero-order valence-electron chi connectivity index (χ0n) is 16.2. The van der Waals surface area contributed by atoms with Crippen molar-refractivity contribution in [2.24, 2.45) is 11.8 Å². The van der Waals surface area contributed by atoms with Crippen LogP contribution in [0.1, 0.15) is 58.8 Å². The van der Waals surface area contributed by atoms with E-state index in [-0.39, 0.29) is 24.2 Å². The monoisotopic (exact) mass is 367 g/mol. The molecule has 1 aliphatic heterocycles. The standard InChI is InChI=1S/C19H33N3O4/c1-4-14(2)17-19(25)22(3)12-10-8-6-5-7-9-11-15(18(24)20-17)13-16(23)21-26/h5-6,14-15,17,26H,4,7-13H2,1-3H3,(H,20,24)(H,21,23)/b6-5+/t14-,15-,17+/m1/s1. The molecule has 7 heteroatoms. The maximum absolute atomic E-state index is 12.8. The molecule has 0 aliphatic carbocycles. The van der Waals surface area contributed by atoms with Crippen LogP contribution < -0.4 is 10.8 Å². The van der Waals surface area contributed by atoms with E-state index in [1.54, 1.807) is 17.4 Å². The summed E-state index contributed by atoms with van der Waals surface area (Å²) in [5, 5.41) is 11.7. The molecule has 26 heavy (non-hydrogen) atoms. The van der Waals surface area contributed by atoms with Crippen molar-refractivity contribution < 1.29 is 19.6 Å². The lowest BCUT2D eigenvalue weighted by atomic mass is 9.93. The van der Waals surface area contributed by atoms with Crippen LogP contribution in [0.25, 0.3) is 0 Å². The van der Waals surface area contributed by atoms with Crippen LogP contribution in [0.2, 0.25) is 0 Å². The average Bonchev–Trinajstić information content (AvgIpc) is 2.64. The molecule has 0 unspecified atom stereocenters. The first kappa shape index (κ1) is 22.2. The van der Waals surface area contributed by atoms with E-state index in [1.165, 1.54) is 0 Å². The number of hydrogen-bond acceptors (Lipinski definition) is 4. The SMILES string of the molecule is CC[C@@H](C)[C@@H]1NC(=O)[C@@H](CC(=O)NO)CCC/C=C/CCCN(C)C1=O. The van der Waals surface area contributed by atoms with Gasteiger partial charge in [0.05, 0.1) is 0 Å². The van der Waals surface area contributed by atoms with Crippen molar-refractivity contribution in [1.29, 1.82) is 0 Å². The molecule has 1 heterocycles. The number of carbonyl (C=O) groups excluding carboxylic acids is 3. The van der Waals surface area contributed by atoms with E-state index in [9.17, 15) is 14.4 Å². The van der Waals surface area contributed by atoms with Gasteiger partial charge in [-0.2, -0.15) is 0 Å². The second kappa shape index (κ2) is 11.7. The van der Waals surface area contributed by atoms with Gasteiger partial charge in [0.1, 0.15) is 6.04 Å². The van der Waals surface area contributed by atoms with Gasteiger partial charge in [-0.05, 0) is 38.0 Å². The molecule has 1 rings (SSSR count). The predicted molar refractivity (Wildman–Crippen MR) is 99.3 cm³/mol. The largest absolute Gasteiger partial charge is 0.344 e. The Hall–Kier alpha value is -1.89. The Labute approximate surface area is 156 Å². The third-order valence-corrected chi connectivity index (χ3v) is 5.03. The molecule has 3 N–H and O–H groups in total.